The molecule has 0 aromatic carbocycles. The molecule has 176 valence electrons. The monoisotopic (exact) mass is 449 g/mol. The van der Waals surface area contributed by atoms with Gasteiger partial charge in [-0.25, -0.2) is 4.98 Å². The van der Waals surface area contributed by atoms with E-state index < -0.39 is 0 Å². The molecule has 0 spiro atoms. The van der Waals surface area contributed by atoms with Crippen LogP contribution in [0.2, 0.25) is 0 Å². The summed E-state index contributed by atoms with van der Waals surface area (Å²) in [5.74, 6) is 0.948. The lowest BCUT2D eigenvalue weighted by molar-refractivity contribution is 0.108. The molecule has 2 aliphatic heterocycles. The minimum absolute atomic E-state index is 0.0439. The standard InChI is InChI=1S/C25H35N7O/c1-15-8-18(32-13-21(26)23(14-32)33-5)10-27-24(15)19-6-7-31(12-16(19)2)22-9-17(3)29-25-20(22)11-28-30(25)4/h8-11,16,19,21,23H,6-7,12-14,26H2,1-5H3/t16-,19-,21-,23-/m1/s1. The van der Waals surface area contributed by atoms with E-state index in [-0.39, 0.29) is 12.1 Å². The minimum Gasteiger partial charge on any atom is -0.378 e. The Balaban J connectivity index is 1.34. The average molecular weight is 450 g/mol. The molecule has 5 heterocycles. The fourth-order valence-corrected chi connectivity index (χ4v) is 5.64. The first-order valence-electron chi connectivity index (χ1n) is 11.9. The van der Waals surface area contributed by atoms with Crippen molar-refractivity contribution in [3.63, 3.8) is 0 Å². The largest absolute Gasteiger partial charge is 0.378 e. The van der Waals surface area contributed by atoms with Crippen molar-refractivity contribution < 1.29 is 4.74 Å². The predicted molar refractivity (Wildman–Crippen MR) is 132 cm³/mol. The molecule has 0 bridgehead atoms. The lowest BCUT2D eigenvalue weighted by Crippen LogP contribution is -2.39. The Morgan fingerprint density at radius 3 is 2.61 bits per heavy atom. The molecule has 2 N–H and O–H groups in total. The van der Waals surface area contributed by atoms with E-state index in [1.807, 2.05) is 24.1 Å². The van der Waals surface area contributed by atoms with E-state index in [2.05, 4.69) is 52.8 Å². The Morgan fingerprint density at radius 1 is 1.09 bits per heavy atom. The SMILES string of the molecule is CO[C@@H]1CN(c2cnc([C@@H]3CCN(c4cc(C)nc5c4cnn5C)C[C@H]3C)c(C)c2)C[C@H]1N. The molecular weight excluding hydrogens is 414 g/mol. The molecule has 2 fully saturated rings. The number of nitrogens with two attached hydrogens (primary N) is 1. The van der Waals surface area contributed by atoms with Gasteiger partial charge in [0, 0.05) is 57.6 Å². The van der Waals surface area contributed by atoms with Crippen LogP contribution >= 0.6 is 0 Å². The van der Waals surface area contributed by atoms with Crippen LogP contribution < -0.4 is 15.5 Å². The Labute approximate surface area is 195 Å². The first kappa shape index (κ1) is 22.1. The number of aromatic nitrogens is 4. The summed E-state index contributed by atoms with van der Waals surface area (Å²) in [5.41, 5.74) is 13.1. The number of hydrogen-bond donors (Lipinski definition) is 1. The second-order valence-electron chi connectivity index (χ2n) is 9.85. The maximum absolute atomic E-state index is 6.23. The fraction of sp³-hybridized carbons (Fsp3) is 0.560. The number of nitrogens with zero attached hydrogens (tertiary/aromatic N) is 6. The van der Waals surface area contributed by atoms with Crippen molar-refractivity contribution in [2.24, 2.45) is 18.7 Å². The van der Waals surface area contributed by atoms with Crippen LogP contribution in [0.5, 0.6) is 0 Å². The first-order chi connectivity index (χ1) is 15.9. The first-order valence-corrected chi connectivity index (χ1v) is 11.9. The predicted octanol–water partition coefficient (Wildman–Crippen LogP) is 2.77. The van der Waals surface area contributed by atoms with Crippen LogP contribution in [-0.2, 0) is 11.8 Å². The molecule has 2 aliphatic rings. The smallest absolute Gasteiger partial charge is 0.159 e. The molecule has 0 radical (unpaired) electrons. The van der Waals surface area contributed by atoms with Crippen LogP contribution in [0.3, 0.4) is 0 Å². The second-order valence-corrected chi connectivity index (χ2v) is 9.85. The molecule has 3 aromatic rings. The highest BCUT2D eigenvalue weighted by atomic mass is 16.5. The van der Waals surface area contributed by atoms with Crippen LogP contribution in [0.1, 0.15) is 36.2 Å². The molecule has 3 aromatic heterocycles. The highest BCUT2D eigenvalue weighted by Gasteiger charge is 2.33. The fourth-order valence-electron chi connectivity index (χ4n) is 5.64. The number of anilines is 2. The topological polar surface area (TPSA) is 85.3 Å². The number of methoxy groups -OCH3 is 1. The Bertz CT molecular complexity index is 1160. The van der Waals surface area contributed by atoms with Gasteiger partial charge in [-0.2, -0.15) is 5.10 Å². The van der Waals surface area contributed by atoms with Gasteiger partial charge in [0.2, 0.25) is 0 Å². The molecule has 8 nitrogen and oxygen atoms in total. The maximum atomic E-state index is 6.23. The summed E-state index contributed by atoms with van der Waals surface area (Å²) >= 11 is 0. The number of ether oxygens (including phenoxy) is 1. The van der Waals surface area contributed by atoms with E-state index >= 15 is 0 Å². The van der Waals surface area contributed by atoms with Crippen molar-refractivity contribution in [1.29, 1.82) is 0 Å². The number of pyridine rings is 2. The Hall–Kier alpha value is -2.71. The van der Waals surface area contributed by atoms with Gasteiger partial charge in [0.1, 0.15) is 0 Å². The molecule has 2 saturated heterocycles. The van der Waals surface area contributed by atoms with Crippen molar-refractivity contribution in [3.8, 4) is 0 Å². The maximum Gasteiger partial charge on any atom is 0.159 e. The Kier molecular flexibility index (Phi) is 5.74. The van der Waals surface area contributed by atoms with E-state index in [1.54, 1.807) is 7.11 Å². The van der Waals surface area contributed by atoms with Gasteiger partial charge in [-0.1, -0.05) is 6.92 Å². The molecule has 0 saturated carbocycles. The average Bonchev–Trinajstić information content (AvgIpc) is 3.36. The quantitative estimate of drug-likeness (QED) is 0.655. The zero-order chi connectivity index (χ0) is 23.3. The van der Waals surface area contributed by atoms with Gasteiger partial charge in [-0.3, -0.25) is 9.67 Å². The molecule has 8 heteroatoms. The summed E-state index contributed by atoms with van der Waals surface area (Å²) < 4.78 is 7.38. The molecule has 0 amide bonds. The van der Waals surface area contributed by atoms with Crippen molar-refractivity contribution >= 4 is 22.4 Å². The van der Waals surface area contributed by atoms with Crippen molar-refractivity contribution in [3.05, 3.63) is 41.5 Å². The molecular formula is C25H35N7O. The lowest BCUT2D eigenvalue weighted by atomic mass is 9.82. The summed E-state index contributed by atoms with van der Waals surface area (Å²) in [5, 5.41) is 5.57. The molecule has 4 atom stereocenters. The van der Waals surface area contributed by atoms with Crippen LogP contribution in [0.15, 0.2) is 24.5 Å². The van der Waals surface area contributed by atoms with Crippen molar-refractivity contribution in [2.45, 2.75) is 45.3 Å². The number of fused-ring (bicyclic) bond motifs is 1. The van der Waals surface area contributed by atoms with Gasteiger partial charge in [0.05, 0.1) is 41.3 Å². The second kappa shape index (κ2) is 8.57. The zero-order valence-corrected chi connectivity index (χ0v) is 20.3. The van der Waals surface area contributed by atoms with Gasteiger partial charge in [0.25, 0.3) is 0 Å². The summed E-state index contributed by atoms with van der Waals surface area (Å²) in [4.78, 5) is 14.4. The minimum atomic E-state index is 0.0439. The van der Waals surface area contributed by atoms with Crippen LogP contribution in [0, 0.1) is 19.8 Å². The van der Waals surface area contributed by atoms with E-state index in [9.17, 15) is 0 Å². The number of hydrogen-bond acceptors (Lipinski definition) is 7. The van der Waals surface area contributed by atoms with Crippen LogP contribution in [0.25, 0.3) is 11.0 Å². The van der Waals surface area contributed by atoms with Gasteiger partial charge in [0.15, 0.2) is 5.65 Å². The highest BCUT2D eigenvalue weighted by Crippen LogP contribution is 2.38. The number of rotatable bonds is 4. The van der Waals surface area contributed by atoms with Crippen LogP contribution in [0.4, 0.5) is 11.4 Å². The normalized spacial score (nSPS) is 25.9. The zero-order valence-electron chi connectivity index (χ0n) is 20.3. The summed E-state index contributed by atoms with van der Waals surface area (Å²) in [6, 6.07) is 4.52. The van der Waals surface area contributed by atoms with Crippen molar-refractivity contribution in [1.82, 2.24) is 19.7 Å². The molecule has 33 heavy (non-hydrogen) atoms. The summed E-state index contributed by atoms with van der Waals surface area (Å²) in [7, 11) is 3.69. The highest BCUT2D eigenvalue weighted by molar-refractivity contribution is 5.89. The third-order valence-electron chi connectivity index (χ3n) is 7.49. The molecule has 0 unspecified atom stereocenters. The van der Waals surface area contributed by atoms with E-state index in [0.717, 1.165) is 55.0 Å². The molecule has 0 aliphatic carbocycles. The summed E-state index contributed by atoms with van der Waals surface area (Å²) in [6.45, 7) is 10.2. The number of aryl methyl sites for hydroxylation is 3. The van der Waals surface area contributed by atoms with E-state index in [0.29, 0.717) is 11.8 Å². The van der Waals surface area contributed by atoms with Crippen molar-refractivity contribution in [2.75, 3.05) is 43.1 Å². The molecule has 5 rings (SSSR count). The van der Waals surface area contributed by atoms with Gasteiger partial charge in [-0.15, -0.1) is 0 Å². The van der Waals surface area contributed by atoms with Crippen LogP contribution in [-0.4, -0.2) is 65.2 Å². The third-order valence-corrected chi connectivity index (χ3v) is 7.49. The van der Waals surface area contributed by atoms with Gasteiger partial charge < -0.3 is 20.3 Å². The summed E-state index contributed by atoms with van der Waals surface area (Å²) in [6.07, 6.45) is 5.13. The van der Waals surface area contributed by atoms with Gasteiger partial charge in [-0.05, 0) is 43.9 Å². The lowest BCUT2D eigenvalue weighted by Gasteiger charge is -2.39. The van der Waals surface area contributed by atoms with Gasteiger partial charge >= 0.3 is 0 Å². The van der Waals surface area contributed by atoms with E-state index in [4.69, 9.17) is 15.5 Å². The third kappa shape index (κ3) is 3.95. The number of piperidine rings is 1. The Morgan fingerprint density at radius 2 is 1.91 bits per heavy atom. The van der Waals surface area contributed by atoms with E-state index in [1.165, 1.54) is 16.9 Å².